The van der Waals surface area contributed by atoms with Gasteiger partial charge in [-0.15, -0.1) is 0 Å². The van der Waals surface area contributed by atoms with Gasteiger partial charge in [0, 0.05) is 11.6 Å². The third kappa shape index (κ3) is 1.66. The predicted molar refractivity (Wildman–Crippen MR) is 55.9 cm³/mol. The molecule has 0 radical (unpaired) electrons. The largest absolute Gasteiger partial charge is 0.478 e. The Labute approximate surface area is 86.6 Å². The normalized spacial score (nSPS) is 10.5. The highest BCUT2D eigenvalue weighted by atomic mass is 16.4. The number of rotatable bonds is 2. The van der Waals surface area contributed by atoms with Crippen LogP contribution in [-0.2, 0) is 6.42 Å². The molecule has 0 unspecified atom stereocenters. The van der Waals surface area contributed by atoms with Crippen molar-refractivity contribution in [1.29, 1.82) is 0 Å². The van der Waals surface area contributed by atoms with Crippen LogP contribution < -0.4 is 0 Å². The van der Waals surface area contributed by atoms with Gasteiger partial charge in [-0.25, -0.2) is 4.79 Å². The molecule has 0 aliphatic heterocycles. The number of aromatic nitrogens is 2. The van der Waals surface area contributed by atoms with Gasteiger partial charge in [-0.3, -0.25) is 9.97 Å². The fourth-order valence-corrected chi connectivity index (χ4v) is 1.51. The molecule has 0 bridgehead atoms. The van der Waals surface area contributed by atoms with Crippen LogP contribution in [0, 0.1) is 0 Å². The van der Waals surface area contributed by atoms with Crippen molar-refractivity contribution in [3.05, 3.63) is 35.8 Å². The molecule has 2 heterocycles. The van der Waals surface area contributed by atoms with Crippen molar-refractivity contribution < 1.29 is 9.90 Å². The highest BCUT2D eigenvalue weighted by molar-refractivity contribution is 5.93. The Morgan fingerprint density at radius 2 is 2.33 bits per heavy atom. The first-order valence-electron chi connectivity index (χ1n) is 4.69. The van der Waals surface area contributed by atoms with Crippen LogP contribution in [0.3, 0.4) is 0 Å². The lowest BCUT2D eigenvalue weighted by Crippen LogP contribution is -2.04. The molecule has 15 heavy (non-hydrogen) atoms. The van der Waals surface area contributed by atoms with Gasteiger partial charge in [-0.05, 0) is 18.6 Å². The molecule has 4 nitrogen and oxygen atoms in total. The summed E-state index contributed by atoms with van der Waals surface area (Å²) in [5.41, 5.74) is 1.61. The Hall–Kier alpha value is -1.97. The number of carboxylic acid groups (broad SMARTS) is 1. The first-order chi connectivity index (χ1) is 7.22. The van der Waals surface area contributed by atoms with E-state index in [2.05, 4.69) is 9.97 Å². The SMILES string of the molecule is CCc1nc2cnccc2cc1C(=O)O. The van der Waals surface area contributed by atoms with E-state index >= 15 is 0 Å². The minimum Gasteiger partial charge on any atom is -0.478 e. The number of nitrogens with zero attached hydrogens (tertiary/aromatic N) is 2. The van der Waals surface area contributed by atoms with Crippen LogP contribution in [0.15, 0.2) is 24.5 Å². The van der Waals surface area contributed by atoms with Gasteiger partial charge in [0.2, 0.25) is 0 Å². The zero-order valence-corrected chi connectivity index (χ0v) is 8.27. The first-order valence-corrected chi connectivity index (χ1v) is 4.69. The Balaban J connectivity index is 2.74. The fraction of sp³-hybridized carbons (Fsp3) is 0.182. The summed E-state index contributed by atoms with van der Waals surface area (Å²) in [7, 11) is 0. The molecule has 76 valence electrons. The van der Waals surface area contributed by atoms with Crippen molar-refractivity contribution in [3.8, 4) is 0 Å². The van der Waals surface area contributed by atoms with Gasteiger partial charge in [0.25, 0.3) is 0 Å². The molecule has 0 amide bonds. The molecule has 0 fully saturated rings. The lowest BCUT2D eigenvalue weighted by Gasteiger charge is -2.04. The molecule has 0 spiro atoms. The minimum atomic E-state index is -0.932. The van der Waals surface area contributed by atoms with Crippen LogP contribution in [0.1, 0.15) is 23.0 Å². The molecule has 2 aromatic heterocycles. The standard InChI is InChI=1S/C11H10N2O2/c1-2-9-8(11(14)15)5-7-3-4-12-6-10(7)13-9/h3-6H,2H2,1H3,(H,14,15). The Morgan fingerprint density at radius 1 is 1.53 bits per heavy atom. The first kappa shape index (κ1) is 9.58. The molecule has 0 saturated carbocycles. The zero-order chi connectivity index (χ0) is 10.8. The van der Waals surface area contributed by atoms with Crippen LogP contribution in [0.4, 0.5) is 0 Å². The lowest BCUT2D eigenvalue weighted by molar-refractivity contribution is 0.0695. The molecule has 0 aromatic carbocycles. The molecular formula is C11H10N2O2. The number of aryl methyl sites for hydroxylation is 1. The summed E-state index contributed by atoms with van der Waals surface area (Å²) in [4.78, 5) is 19.2. The van der Waals surface area contributed by atoms with Crippen molar-refractivity contribution in [3.63, 3.8) is 0 Å². The number of hydrogen-bond donors (Lipinski definition) is 1. The molecule has 0 aliphatic rings. The number of fused-ring (bicyclic) bond motifs is 1. The van der Waals surface area contributed by atoms with Gasteiger partial charge in [-0.2, -0.15) is 0 Å². The van der Waals surface area contributed by atoms with E-state index in [-0.39, 0.29) is 5.56 Å². The topological polar surface area (TPSA) is 63.1 Å². The second-order valence-corrected chi connectivity index (χ2v) is 3.21. The summed E-state index contributed by atoms with van der Waals surface area (Å²) in [6.45, 7) is 1.89. The van der Waals surface area contributed by atoms with E-state index in [1.54, 1.807) is 24.5 Å². The second-order valence-electron chi connectivity index (χ2n) is 3.21. The molecule has 2 aromatic rings. The van der Waals surface area contributed by atoms with Gasteiger partial charge < -0.3 is 5.11 Å². The Morgan fingerprint density at radius 3 is 3.00 bits per heavy atom. The summed E-state index contributed by atoms with van der Waals surface area (Å²) in [5.74, 6) is -0.932. The molecule has 1 N–H and O–H groups in total. The predicted octanol–water partition coefficient (Wildman–Crippen LogP) is 1.89. The van der Waals surface area contributed by atoms with Gasteiger partial charge >= 0.3 is 5.97 Å². The average Bonchev–Trinajstić information content (AvgIpc) is 2.27. The van der Waals surface area contributed by atoms with Crippen LogP contribution >= 0.6 is 0 Å². The highest BCUT2D eigenvalue weighted by Crippen LogP contribution is 2.16. The van der Waals surface area contributed by atoms with Crippen LogP contribution in [0.25, 0.3) is 10.9 Å². The minimum absolute atomic E-state index is 0.274. The number of hydrogen-bond acceptors (Lipinski definition) is 3. The van der Waals surface area contributed by atoms with Crippen molar-refractivity contribution in [2.24, 2.45) is 0 Å². The maximum atomic E-state index is 11.0. The molecular weight excluding hydrogens is 192 g/mol. The highest BCUT2D eigenvalue weighted by Gasteiger charge is 2.11. The number of pyridine rings is 2. The third-order valence-corrected chi connectivity index (χ3v) is 2.26. The summed E-state index contributed by atoms with van der Waals surface area (Å²) >= 11 is 0. The van der Waals surface area contributed by atoms with Gasteiger partial charge in [0.1, 0.15) is 0 Å². The molecule has 0 atom stereocenters. The molecule has 0 aliphatic carbocycles. The lowest BCUT2D eigenvalue weighted by atomic mass is 10.1. The fourth-order valence-electron chi connectivity index (χ4n) is 1.51. The summed E-state index contributed by atoms with van der Waals surface area (Å²) < 4.78 is 0. The Bertz CT molecular complexity index is 523. The zero-order valence-electron chi connectivity index (χ0n) is 8.27. The summed E-state index contributed by atoms with van der Waals surface area (Å²) in [6.07, 6.45) is 3.87. The van der Waals surface area contributed by atoms with Crippen molar-refractivity contribution in [2.75, 3.05) is 0 Å². The maximum absolute atomic E-state index is 11.0. The second kappa shape index (κ2) is 3.65. The van der Waals surface area contributed by atoms with E-state index in [9.17, 15) is 4.79 Å². The van der Waals surface area contributed by atoms with E-state index in [0.717, 1.165) is 10.9 Å². The van der Waals surface area contributed by atoms with Gasteiger partial charge in [0.15, 0.2) is 0 Å². The summed E-state index contributed by atoms with van der Waals surface area (Å²) in [5, 5.41) is 9.81. The molecule has 4 heteroatoms. The summed E-state index contributed by atoms with van der Waals surface area (Å²) in [6, 6.07) is 3.40. The van der Waals surface area contributed by atoms with Crippen molar-refractivity contribution in [2.45, 2.75) is 13.3 Å². The monoisotopic (exact) mass is 202 g/mol. The van der Waals surface area contributed by atoms with Crippen molar-refractivity contribution >= 4 is 16.9 Å². The number of carbonyl (C=O) groups is 1. The van der Waals surface area contributed by atoms with E-state index in [1.165, 1.54) is 0 Å². The smallest absolute Gasteiger partial charge is 0.337 e. The number of carboxylic acids is 1. The van der Waals surface area contributed by atoms with Crippen LogP contribution in [0.5, 0.6) is 0 Å². The molecule has 2 rings (SSSR count). The van der Waals surface area contributed by atoms with E-state index in [4.69, 9.17) is 5.11 Å². The van der Waals surface area contributed by atoms with Crippen LogP contribution in [-0.4, -0.2) is 21.0 Å². The third-order valence-electron chi connectivity index (χ3n) is 2.26. The van der Waals surface area contributed by atoms with Crippen LogP contribution in [0.2, 0.25) is 0 Å². The van der Waals surface area contributed by atoms with E-state index in [0.29, 0.717) is 12.1 Å². The van der Waals surface area contributed by atoms with E-state index in [1.807, 2.05) is 6.92 Å². The van der Waals surface area contributed by atoms with Crippen molar-refractivity contribution in [1.82, 2.24) is 9.97 Å². The average molecular weight is 202 g/mol. The Kier molecular flexibility index (Phi) is 2.33. The number of aromatic carboxylic acids is 1. The molecule has 0 saturated heterocycles. The maximum Gasteiger partial charge on any atom is 0.337 e. The van der Waals surface area contributed by atoms with Gasteiger partial charge in [0.05, 0.1) is 23.0 Å². The van der Waals surface area contributed by atoms with E-state index < -0.39 is 5.97 Å². The quantitative estimate of drug-likeness (QED) is 0.807. The van der Waals surface area contributed by atoms with Gasteiger partial charge in [-0.1, -0.05) is 6.92 Å².